The van der Waals surface area contributed by atoms with Gasteiger partial charge in [-0.25, -0.2) is 9.48 Å². The second kappa shape index (κ2) is 4.50. The maximum atomic E-state index is 10.8. The SMILES string of the molecule is O=C(O)c1nn(-c2ccc(Br)cc2Br)cc1O. The zero-order chi connectivity index (χ0) is 12.6. The molecule has 1 aromatic carbocycles. The Bertz CT molecular complexity index is 595. The van der Waals surface area contributed by atoms with Crippen molar-refractivity contribution in [1.29, 1.82) is 0 Å². The summed E-state index contributed by atoms with van der Waals surface area (Å²) in [5, 5.41) is 22.0. The second-order valence-electron chi connectivity index (χ2n) is 3.21. The summed E-state index contributed by atoms with van der Waals surface area (Å²) >= 11 is 6.64. The molecule has 0 radical (unpaired) electrons. The molecule has 0 aliphatic rings. The van der Waals surface area contributed by atoms with Gasteiger partial charge in [-0.1, -0.05) is 15.9 Å². The standard InChI is InChI=1S/C10H6Br2N2O3/c11-5-1-2-7(6(12)3-5)14-4-8(15)9(13-14)10(16)17/h1-4,15H,(H,16,17). The van der Waals surface area contributed by atoms with Crippen LogP contribution in [0.5, 0.6) is 5.75 Å². The molecule has 0 spiro atoms. The van der Waals surface area contributed by atoms with Gasteiger partial charge in [-0.2, -0.15) is 5.10 Å². The van der Waals surface area contributed by atoms with Crippen molar-refractivity contribution in [3.8, 4) is 11.4 Å². The highest BCUT2D eigenvalue weighted by atomic mass is 79.9. The fraction of sp³-hybridized carbons (Fsp3) is 0. The Morgan fingerprint density at radius 3 is 2.59 bits per heavy atom. The molecule has 0 saturated carbocycles. The lowest BCUT2D eigenvalue weighted by molar-refractivity contribution is 0.0687. The van der Waals surface area contributed by atoms with E-state index in [2.05, 4.69) is 37.0 Å². The van der Waals surface area contributed by atoms with Gasteiger partial charge in [-0.15, -0.1) is 0 Å². The predicted molar refractivity (Wildman–Crippen MR) is 67.6 cm³/mol. The number of carboxylic acids is 1. The molecule has 88 valence electrons. The Morgan fingerprint density at radius 1 is 1.35 bits per heavy atom. The molecule has 2 N–H and O–H groups in total. The monoisotopic (exact) mass is 360 g/mol. The number of carbonyl (C=O) groups is 1. The minimum atomic E-state index is -1.27. The van der Waals surface area contributed by atoms with Crippen LogP contribution in [0.15, 0.2) is 33.3 Å². The fourth-order valence-corrected chi connectivity index (χ4v) is 2.54. The quantitative estimate of drug-likeness (QED) is 0.862. The zero-order valence-corrected chi connectivity index (χ0v) is 11.4. The van der Waals surface area contributed by atoms with E-state index in [1.54, 1.807) is 18.2 Å². The highest BCUT2D eigenvalue weighted by Gasteiger charge is 2.16. The molecule has 0 aliphatic heterocycles. The summed E-state index contributed by atoms with van der Waals surface area (Å²) in [6.07, 6.45) is 1.25. The number of hydrogen-bond acceptors (Lipinski definition) is 3. The van der Waals surface area contributed by atoms with E-state index in [0.29, 0.717) is 5.69 Å². The Morgan fingerprint density at radius 2 is 2.06 bits per heavy atom. The molecule has 2 aromatic rings. The molecule has 1 aromatic heterocycles. The highest BCUT2D eigenvalue weighted by molar-refractivity contribution is 9.11. The third-order valence-electron chi connectivity index (χ3n) is 2.05. The predicted octanol–water partition coefficient (Wildman–Crippen LogP) is 2.80. The van der Waals surface area contributed by atoms with E-state index < -0.39 is 5.97 Å². The van der Waals surface area contributed by atoms with E-state index in [1.807, 2.05) is 0 Å². The van der Waals surface area contributed by atoms with E-state index in [-0.39, 0.29) is 11.4 Å². The van der Waals surface area contributed by atoms with Crippen molar-refractivity contribution in [2.45, 2.75) is 0 Å². The lowest BCUT2D eigenvalue weighted by Crippen LogP contribution is -2.01. The summed E-state index contributed by atoms with van der Waals surface area (Å²) in [6, 6.07) is 5.33. The summed E-state index contributed by atoms with van der Waals surface area (Å²) in [4.78, 5) is 10.8. The maximum Gasteiger partial charge on any atom is 0.360 e. The number of benzene rings is 1. The molecule has 5 nitrogen and oxygen atoms in total. The molecule has 0 saturated heterocycles. The number of carboxylic acid groups (broad SMARTS) is 1. The second-order valence-corrected chi connectivity index (χ2v) is 4.98. The molecule has 0 aliphatic carbocycles. The van der Waals surface area contributed by atoms with Crippen molar-refractivity contribution < 1.29 is 15.0 Å². The van der Waals surface area contributed by atoms with E-state index in [0.717, 1.165) is 8.95 Å². The summed E-state index contributed by atoms with van der Waals surface area (Å²) in [5.74, 6) is -1.64. The lowest BCUT2D eigenvalue weighted by Gasteiger charge is -2.04. The van der Waals surface area contributed by atoms with Crippen LogP contribution in [0.1, 0.15) is 10.5 Å². The highest BCUT2D eigenvalue weighted by Crippen LogP contribution is 2.26. The van der Waals surface area contributed by atoms with Crippen molar-refractivity contribution in [2.75, 3.05) is 0 Å². The molecular weight excluding hydrogens is 356 g/mol. The summed E-state index contributed by atoms with van der Waals surface area (Å²) in [5.41, 5.74) is 0.260. The first-order valence-corrected chi connectivity index (χ1v) is 6.05. The number of aromatic hydroxyl groups is 1. The van der Waals surface area contributed by atoms with E-state index in [9.17, 15) is 9.90 Å². The molecular formula is C10H6Br2N2O3. The van der Waals surface area contributed by atoms with Gasteiger partial charge in [-0.05, 0) is 34.1 Å². The van der Waals surface area contributed by atoms with Crippen LogP contribution in [-0.4, -0.2) is 26.0 Å². The first-order chi connectivity index (χ1) is 7.99. The van der Waals surface area contributed by atoms with Gasteiger partial charge in [0.15, 0.2) is 5.75 Å². The number of hydrogen-bond donors (Lipinski definition) is 2. The van der Waals surface area contributed by atoms with Crippen LogP contribution < -0.4 is 0 Å². The molecule has 0 bridgehead atoms. The van der Waals surface area contributed by atoms with Gasteiger partial charge < -0.3 is 10.2 Å². The van der Waals surface area contributed by atoms with Gasteiger partial charge in [0.05, 0.1) is 11.9 Å². The first-order valence-electron chi connectivity index (χ1n) is 4.46. The van der Waals surface area contributed by atoms with E-state index in [1.165, 1.54) is 10.9 Å². The fourth-order valence-electron chi connectivity index (χ4n) is 1.31. The van der Waals surface area contributed by atoms with Gasteiger partial charge in [0.25, 0.3) is 0 Å². The molecule has 0 unspecified atom stereocenters. The summed E-state index contributed by atoms with van der Waals surface area (Å²) < 4.78 is 2.91. The number of halogens is 2. The smallest absolute Gasteiger partial charge is 0.360 e. The average Bonchev–Trinajstić information content (AvgIpc) is 2.60. The van der Waals surface area contributed by atoms with Crippen molar-refractivity contribution >= 4 is 37.8 Å². The Balaban J connectivity index is 2.53. The van der Waals surface area contributed by atoms with Crippen LogP contribution in [0.25, 0.3) is 5.69 Å². The third kappa shape index (κ3) is 2.34. The average molecular weight is 362 g/mol. The number of nitrogens with zero attached hydrogens (tertiary/aromatic N) is 2. The van der Waals surface area contributed by atoms with Crippen LogP contribution in [-0.2, 0) is 0 Å². The van der Waals surface area contributed by atoms with Crippen molar-refractivity contribution in [1.82, 2.24) is 9.78 Å². The van der Waals surface area contributed by atoms with Crippen LogP contribution in [0.3, 0.4) is 0 Å². The topological polar surface area (TPSA) is 75.3 Å². The largest absolute Gasteiger partial charge is 0.504 e. The van der Waals surface area contributed by atoms with Crippen molar-refractivity contribution in [3.63, 3.8) is 0 Å². The van der Waals surface area contributed by atoms with E-state index >= 15 is 0 Å². The minimum absolute atomic E-state index is 0.368. The minimum Gasteiger partial charge on any atom is -0.504 e. The van der Waals surface area contributed by atoms with Gasteiger partial charge in [0.1, 0.15) is 0 Å². The van der Waals surface area contributed by atoms with Crippen LogP contribution in [0, 0.1) is 0 Å². The normalized spacial score (nSPS) is 10.5. The summed E-state index contributed by atoms with van der Waals surface area (Å²) in [7, 11) is 0. The van der Waals surface area contributed by atoms with Gasteiger partial charge >= 0.3 is 5.97 Å². The Kier molecular flexibility index (Phi) is 3.21. The maximum absolute atomic E-state index is 10.8. The van der Waals surface area contributed by atoms with Crippen LogP contribution in [0.4, 0.5) is 0 Å². The Labute approximate surface area is 113 Å². The van der Waals surface area contributed by atoms with Gasteiger partial charge in [0, 0.05) is 8.95 Å². The molecule has 0 fully saturated rings. The molecule has 7 heteroatoms. The van der Waals surface area contributed by atoms with E-state index in [4.69, 9.17) is 5.11 Å². The molecule has 2 rings (SSSR count). The van der Waals surface area contributed by atoms with Crippen molar-refractivity contribution in [3.05, 3.63) is 39.0 Å². The van der Waals surface area contributed by atoms with Gasteiger partial charge in [0.2, 0.25) is 5.69 Å². The molecule has 0 amide bonds. The number of aromatic carboxylic acids is 1. The summed E-state index contributed by atoms with van der Waals surface area (Å²) in [6.45, 7) is 0. The molecule has 0 atom stereocenters. The zero-order valence-electron chi connectivity index (χ0n) is 8.26. The van der Waals surface area contributed by atoms with Crippen molar-refractivity contribution in [2.24, 2.45) is 0 Å². The molecule has 1 heterocycles. The van der Waals surface area contributed by atoms with Crippen LogP contribution >= 0.6 is 31.9 Å². The third-order valence-corrected chi connectivity index (χ3v) is 3.18. The number of rotatable bonds is 2. The van der Waals surface area contributed by atoms with Gasteiger partial charge in [-0.3, -0.25) is 0 Å². The lowest BCUT2D eigenvalue weighted by atomic mass is 10.3. The van der Waals surface area contributed by atoms with Crippen LogP contribution in [0.2, 0.25) is 0 Å². The molecule has 17 heavy (non-hydrogen) atoms. The first kappa shape index (κ1) is 12.1. The Hall–Kier alpha value is -1.34. The number of aromatic nitrogens is 2.